The number of likely N-dealkylation sites (tertiary alicyclic amines) is 1. The van der Waals surface area contributed by atoms with Crippen molar-refractivity contribution in [2.24, 2.45) is 5.92 Å². The average molecular weight is 226 g/mol. The van der Waals surface area contributed by atoms with Crippen molar-refractivity contribution in [1.29, 1.82) is 0 Å². The van der Waals surface area contributed by atoms with Gasteiger partial charge >= 0.3 is 5.97 Å². The summed E-state index contributed by atoms with van der Waals surface area (Å²) in [7, 11) is 1.41. The summed E-state index contributed by atoms with van der Waals surface area (Å²) in [6.45, 7) is 1.85. The minimum atomic E-state index is -0.162. The lowest BCUT2D eigenvalue weighted by Crippen LogP contribution is -2.37. The molecular formula is C11H18N2O3. The van der Waals surface area contributed by atoms with Crippen LogP contribution in [0, 0.1) is 5.92 Å². The fourth-order valence-corrected chi connectivity index (χ4v) is 2.04. The highest BCUT2D eigenvalue weighted by molar-refractivity contribution is 5.79. The highest BCUT2D eigenvalue weighted by Gasteiger charge is 2.31. The van der Waals surface area contributed by atoms with Crippen LogP contribution in [0.2, 0.25) is 0 Å². The molecule has 90 valence electrons. The quantitative estimate of drug-likeness (QED) is 0.672. The van der Waals surface area contributed by atoms with Crippen molar-refractivity contribution in [3.63, 3.8) is 0 Å². The maximum atomic E-state index is 11.5. The predicted octanol–water partition coefficient (Wildman–Crippen LogP) is -0.240. The lowest BCUT2D eigenvalue weighted by atomic mass is 10.1. The molecular weight excluding hydrogens is 208 g/mol. The first-order valence-corrected chi connectivity index (χ1v) is 5.78. The van der Waals surface area contributed by atoms with Crippen molar-refractivity contribution in [3.8, 4) is 0 Å². The van der Waals surface area contributed by atoms with Gasteiger partial charge in [0.25, 0.3) is 0 Å². The van der Waals surface area contributed by atoms with E-state index in [9.17, 15) is 9.59 Å². The molecule has 0 bridgehead atoms. The highest BCUT2D eigenvalue weighted by Crippen LogP contribution is 2.19. The van der Waals surface area contributed by atoms with E-state index in [0.717, 1.165) is 25.8 Å². The third-order valence-corrected chi connectivity index (χ3v) is 3.12. The van der Waals surface area contributed by atoms with Gasteiger partial charge in [0.1, 0.15) is 0 Å². The Hall–Kier alpha value is -1.10. The van der Waals surface area contributed by atoms with Gasteiger partial charge in [-0.05, 0) is 25.8 Å². The third-order valence-electron chi connectivity index (χ3n) is 3.12. The maximum Gasteiger partial charge on any atom is 0.310 e. The van der Waals surface area contributed by atoms with E-state index in [4.69, 9.17) is 4.74 Å². The molecule has 5 heteroatoms. The van der Waals surface area contributed by atoms with E-state index < -0.39 is 0 Å². The zero-order valence-corrected chi connectivity index (χ0v) is 9.57. The molecule has 0 aromatic heterocycles. The summed E-state index contributed by atoms with van der Waals surface area (Å²) >= 11 is 0. The van der Waals surface area contributed by atoms with Gasteiger partial charge in [-0.25, -0.2) is 0 Å². The summed E-state index contributed by atoms with van der Waals surface area (Å²) in [5.41, 5.74) is 0. The second kappa shape index (κ2) is 4.82. The molecule has 1 unspecified atom stereocenters. The molecule has 1 aliphatic carbocycles. The molecule has 1 aliphatic heterocycles. The van der Waals surface area contributed by atoms with E-state index >= 15 is 0 Å². The van der Waals surface area contributed by atoms with Crippen LogP contribution in [-0.4, -0.2) is 49.6 Å². The summed E-state index contributed by atoms with van der Waals surface area (Å²) < 4.78 is 4.70. The van der Waals surface area contributed by atoms with Crippen molar-refractivity contribution in [2.75, 3.05) is 26.7 Å². The van der Waals surface area contributed by atoms with Crippen LogP contribution in [0.4, 0.5) is 0 Å². The summed E-state index contributed by atoms with van der Waals surface area (Å²) in [5, 5.41) is 2.94. The number of nitrogens with one attached hydrogen (secondary N) is 1. The van der Waals surface area contributed by atoms with Gasteiger partial charge in [0, 0.05) is 12.6 Å². The highest BCUT2D eigenvalue weighted by atomic mass is 16.5. The number of rotatable bonds is 4. The number of nitrogens with zero attached hydrogens (tertiary/aromatic N) is 1. The second-order valence-corrected chi connectivity index (χ2v) is 4.59. The summed E-state index contributed by atoms with van der Waals surface area (Å²) in [6.07, 6.45) is 3.01. The standard InChI is InChI=1S/C11H18N2O3/c1-16-11(15)8-4-5-13(6-8)7-10(14)12-9-2-3-9/h8-9H,2-7H2,1H3,(H,12,14). The largest absolute Gasteiger partial charge is 0.469 e. The van der Waals surface area contributed by atoms with Crippen LogP contribution in [0.5, 0.6) is 0 Å². The van der Waals surface area contributed by atoms with Crippen molar-refractivity contribution in [3.05, 3.63) is 0 Å². The molecule has 2 rings (SSSR count). The van der Waals surface area contributed by atoms with E-state index in [0.29, 0.717) is 19.1 Å². The number of carbonyl (C=O) groups is 2. The van der Waals surface area contributed by atoms with Gasteiger partial charge in [0.15, 0.2) is 0 Å². The van der Waals surface area contributed by atoms with E-state index in [1.54, 1.807) is 0 Å². The smallest absolute Gasteiger partial charge is 0.310 e. The molecule has 1 saturated carbocycles. The van der Waals surface area contributed by atoms with Gasteiger partial charge in [0.05, 0.1) is 19.6 Å². The number of ether oxygens (including phenoxy) is 1. The predicted molar refractivity (Wildman–Crippen MR) is 57.7 cm³/mol. The topological polar surface area (TPSA) is 58.6 Å². The summed E-state index contributed by atoms with van der Waals surface area (Å²) in [5.74, 6) is -0.142. The van der Waals surface area contributed by atoms with Crippen LogP contribution in [0.25, 0.3) is 0 Å². The maximum absolute atomic E-state index is 11.5. The number of hydrogen-bond donors (Lipinski definition) is 1. The zero-order chi connectivity index (χ0) is 11.5. The first kappa shape index (κ1) is 11.4. The molecule has 0 aromatic carbocycles. The Labute approximate surface area is 95.1 Å². The molecule has 2 aliphatic rings. The van der Waals surface area contributed by atoms with Crippen LogP contribution >= 0.6 is 0 Å². The molecule has 1 heterocycles. The van der Waals surface area contributed by atoms with Crippen LogP contribution in [-0.2, 0) is 14.3 Å². The Balaban J connectivity index is 1.71. The average Bonchev–Trinajstić information content (AvgIpc) is 2.94. The number of esters is 1. The van der Waals surface area contributed by atoms with Gasteiger partial charge in [0.2, 0.25) is 5.91 Å². The van der Waals surface area contributed by atoms with Crippen molar-refractivity contribution in [1.82, 2.24) is 10.2 Å². The van der Waals surface area contributed by atoms with Crippen LogP contribution in [0.3, 0.4) is 0 Å². The van der Waals surface area contributed by atoms with Gasteiger partial charge < -0.3 is 10.1 Å². The van der Waals surface area contributed by atoms with E-state index in [-0.39, 0.29) is 17.8 Å². The van der Waals surface area contributed by atoms with Gasteiger partial charge in [-0.1, -0.05) is 0 Å². The monoisotopic (exact) mass is 226 g/mol. The Morgan fingerprint density at radius 2 is 2.12 bits per heavy atom. The minimum absolute atomic E-state index is 0.0567. The molecule has 2 fully saturated rings. The molecule has 0 radical (unpaired) electrons. The summed E-state index contributed by atoms with van der Waals surface area (Å²) in [4.78, 5) is 24.8. The van der Waals surface area contributed by atoms with E-state index in [1.807, 2.05) is 4.90 Å². The van der Waals surface area contributed by atoms with Crippen LogP contribution in [0.1, 0.15) is 19.3 Å². The molecule has 5 nitrogen and oxygen atoms in total. The molecule has 0 aromatic rings. The molecule has 1 amide bonds. The molecule has 16 heavy (non-hydrogen) atoms. The molecule has 1 atom stereocenters. The Morgan fingerprint density at radius 3 is 2.75 bits per heavy atom. The number of hydrogen-bond acceptors (Lipinski definition) is 4. The lowest BCUT2D eigenvalue weighted by molar-refractivity contribution is -0.145. The zero-order valence-electron chi connectivity index (χ0n) is 9.57. The fraction of sp³-hybridized carbons (Fsp3) is 0.818. The van der Waals surface area contributed by atoms with Gasteiger partial charge in [-0.3, -0.25) is 14.5 Å². The van der Waals surface area contributed by atoms with Crippen molar-refractivity contribution < 1.29 is 14.3 Å². The number of methoxy groups -OCH3 is 1. The van der Waals surface area contributed by atoms with Crippen LogP contribution in [0.15, 0.2) is 0 Å². The Morgan fingerprint density at radius 1 is 1.38 bits per heavy atom. The third kappa shape index (κ3) is 2.95. The molecule has 1 N–H and O–H groups in total. The Kier molecular flexibility index (Phi) is 3.43. The SMILES string of the molecule is COC(=O)C1CCN(CC(=O)NC2CC2)C1. The number of amides is 1. The fourth-order valence-electron chi connectivity index (χ4n) is 2.04. The minimum Gasteiger partial charge on any atom is -0.469 e. The molecule has 1 saturated heterocycles. The summed E-state index contributed by atoms with van der Waals surface area (Å²) in [6, 6.07) is 0.409. The van der Waals surface area contributed by atoms with Crippen LogP contribution < -0.4 is 5.32 Å². The van der Waals surface area contributed by atoms with Crippen molar-refractivity contribution >= 4 is 11.9 Å². The first-order valence-electron chi connectivity index (χ1n) is 5.78. The normalized spacial score (nSPS) is 25.4. The Bertz CT molecular complexity index is 289. The van der Waals surface area contributed by atoms with E-state index in [1.165, 1.54) is 7.11 Å². The molecule has 0 spiro atoms. The van der Waals surface area contributed by atoms with Crippen molar-refractivity contribution in [2.45, 2.75) is 25.3 Å². The van der Waals surface area contributed by atoms with Gasteiger partial charge in [-0.15, -0.1) is 0 Å². The van der Waals surface area contributed by atoms with Gasteiger partial charge in [-0.2, -0.15) is 0 Å². The number of carbonyl (C=O) groups excluding carboxylic acids is 2. The second-order valence-electron chi connectivity index (χ2n) is 4.59. The first-order chi connectivity index (χ1) is 7.69. The van der Waals surface area contributed by atoms with E-state index in [2.05, 4.69) is 5.32 Å². The lowest BCUT2D eigenvalue weighted by Gasteiger charge is -2.14.